The Balaban J connectivity index is 1.10. The van der Waals surface area contributed by atoms with E-state index in [1.165, 1.54) is 82.4 Å². The number of anilines is 3. The maximum absolute atomic E-state index is 2.54. The summed E-state index contributed by atoms with van der Waals surface area (Å²) in [6, 6.07) is 101. The summed E-state index contributed by atoms with van der Waals surface area (Å²) in [4.78, 5) is 2.54. The highest BCUT2D eigenvalue weighted by Crippen LogP contribution is 2.60. The average molecular weight is 864 g/mol. The van der Waals surface area contributed by atoms with Gasteiger partial charge in [-0.15, -0.1) is 0 Å². The van der Waals surface area contributed by atoms with Gasteiger partial charge in [0.15, 0.2) is 0 Å². The highest BCUT2D eigenvalue weighted by atomic mass is 15.1. The van der Waals surface area contributed by atoms with Gasteiger partial charge in [-0.25, -0.2) is 0 Å². The molecule has 0 saturated heterocycles. The topological polar surface area (TPSA) is 3.24 Å². The first-order valence-corrected chi connectivity index (χ1v) is 23.6. The smallest absolute Gasteiger partial charge is 0.0714 e. The molecule has 1 heteroatoms. The van der Waals surface area contributed by atoms with Crippen molar-refractivity contribution in [3.63, 3.8) is 0 Å². The Kier molecular flexibility index (Phi) is 9.47. The second-order valence-corrected chi connectivity index (χ2v) is 18.0. The number of fused-ring (bicyclic) bond motifs is 7. The quantitative estimate of drug-likeness (QED) is 0.138. The second kappa shape index (κ2) is 16.3. The van der Waals surface area contributed by atoms with Gasteiger partial charge >= 0.3 is 0 Å². The zero-order valence-electron chi connectivity index (χ0n) is 37.4. The summed E-state index contributed by atoms with van der Waals surface area (Å²) in [6.45, 7) is 0. The molecule has 13 rings (SSSR count). The van der Waals surface area contributed by atoms with Crippen LogP contribution in [0.3, 0.4) is 0 Å². The normalized spacial score (nSPS) is 12.5. The third-order valence-corrected chi connectivity index (χ3v) is 14.3. The van der Waals surface area contributed by atoms with Crippen molar-refractivity contribution in [3.8, 4) is 44.5 Å². The molecule has 0 aliphatic heterocycles. The van der Waals surface area contributed by atoms with Crippen LogP contribution in [0, 0.1) is 0 Å². The highest BCUT2D eigenvalue weighted by molar-refractivity contribution is 6.14. The van der Waals surface area contributed by atoms with Crippen LogP contribution in [-0.4, -0.2) is 0 Å². The van der Waals surface area contributed by atoms with Crippen LogP contribution in [0.1, 0.15) is 22.3 Å². The molecule has 12 aromatic rings. The Hall–Kier alpha value is -8.78. The molecule has 318 valence electrons. The summed E-state index contributed by atoms with van der Waals surface area (Å²) in [7, 11) is 0. The van der Waals surface area contributed by atoms with Gasteiger partial charge in [0.25, 0.3) is 0 Å². The van der Waals surface area contributed by atoms with Crippen LogP contribution in [0.4, 0.5) is 17.1 Å². The van der Waals surface area contributed by atoms with E-state index in [4.69, 9.17) is 0 Å². The van der Waals surface area contributed by atoms with Crippen LogP contribution in [0.25, 0.3) is 76.8 Å². The molecular weight excluding hydrogens is 819 g/mol. The third kappa shape index (κ3) is 6.32. The molecule has 0 amide bonds. The van der Waals surface area contributed by atoms with E-state index in [9.17, 15) is 0 Å². The van der Waals surface area contributed by atoms with E-state index in [1.54, 1.807) is 0 Å². The third-order valence-electron chi connectivity index (χ3n) is 14.3. The van der Waals surface area contributed by atoms with Crippen molar-refractivity contribution in [1.82, 2.24) is 0 Å². The molecule has 1 aliphatic rings. The summed E-state index contributed by atoms with van der Waals surface area (Å²) in [5.41, 5.74) is 17.3. The molecule has 0 heterocycles. The number of rotatable bonds is 8. The van der Waals surface area contributed by atoms with Crippen LogP contribution in [-0.2, 0) is 5.41 Å². The Labute approximate surface area is 397 Å². The lowest BCUT2D eigenvalue weighted by Gasteiger charge is -2.34. The molecule has 0 bridgehead atoms. The predicted octanol–water partition coefficient (Wildman–Crippen LogP) is 18.0. The fourth-order valence-corrected chi connectivity index (χ4v) is 11.3. The minimum Gasteiger partial charge on any atom is -0.309 e. The van der Waals surface area contributed by atoms with E-state index in [1.807, 2.05) is 0 Å². The van der Waals surface area contributed by atoms with Crippen LogP contribution < -0.4 is 4.90 Å². The molecule has 12 aromatic carbocycles. The maximum Gasteiger partial charge on any atom is 0.0714 e. The fraction of sp³-hybridized carbons (Fsp3) is 0.0149. The predicted molar refractivity (Wildman–Crippen MR) is 287 cm³/mol. The Morgan fingerprint density at radius 2 is 0.809 bits per heavy atom. The lowest BCUT2D eigenvalue weighted by Crippen LogP contribution is -2.28. The number of nitrogens with zero attached hydrogens (tertiary/aromatic N) is 1. The molecule has 1 aliphatic carbocycles. The van der Waals surface area contributed by atoms with Crippen LogP contribution >= 0.6 is 0 Å². The van der Waals surface area contributed by atoms with E-state index in [0.717, 1.165) is 33.8 Å². The lowest BCUT2D eigenvalue weighted by atomic mass is 9.68. The molecule has 0 fully saturated rings. The SMILES string of the molecule is c1ccc(-c2ccc(-c3ccc4ccccc4c3)cc2N(c2ccc(-c3cc4ccccc4c4ccccc34)cc2)c2cccc3c2-c2ccccc2C3(c2ccccc2)c2ccccc2)cc1. The van der Waals surface area contributed by atoms with Crippen molar-refractivity contribution in [1.29, 1.82) is 0 Å². The number of hydrogen-bond acceptors (Lipinski definition) is 1. The van der Waals surface area contributed by atoms with Gasteiger partial charge in [-0.1, -0.05) is 237 Å². The number of hydrogen-bond donors (Lipinski definition) is 0. The minimum absolute atomic E-state index is 0.549. The lowest BCUT2D eigenvalue weighted by molar-refractivity contribution is 0.768. The molecule has 0 radical (unpaired) electrons. The fourth-order valence-electron chi connectivity index (χ4n) is 11.3. The van der Waals surface area contributed by atoms with E-state index < -0.39 is 5.41 Å². The van der Waals surface area contributed by atoms with Gasteiger partial charge in [0.05, 0.1) is 16.8 Å². The Morgan fingerprint density at radius 1 is 0.265 bits per heavy atom. The molecule has 0 N–H and O–H groups in total. The van der Waals surface area contributed by atoms with E-state index in [0.29, 0.717) is 0 Å². The summed E-state index contributed by atoms with van der Waals surface area (Å²) in [5, 5.41) is 7.49. The average Bonchev–Trinajstić information content (AvgIpc) is 3.73. The van der Waals surface area contributed by atoms with E-state index in [2.05, 4.69) is 278 Å². The van der Waals surface area contributed by atoms with Gasteiger partial charge in [-0.05, 0) is 124 Å². The van der Waals surface area contributed by atoms with Crippen molar-refractivity contribution in [2.45, 2.75) is 5.41 Å². The van der Waals surface area contributed by atoms with Crippen molar-refractivity contribution >= 4 is 49.4 Å². The largest absolute Gasteiger partial charge is 0.309 e. The summed E-state index contributed by atoms with van der Waals surface area (Å²) >= 11 is 0. The molecule has 0 atom stereocenters. The molecule has 0 unspecified atom stereocenters. The van der Waals surface area contributed by atoms with Crippen molar-refractivity contribution in [2.75, 3.05) is 4.90 Å². The zero-order valence-corrected chi connectivity index (χ0v) is 37.4. The van der Waals surface area contributed by atoms with Crippen LogP contribution in [0.15, 0.2) is 273 Å². The van der Waals surface area contributed by atoms with Gasteiger partial charge in [-0.2, -0.15) is 0 Å². The molecule has 1 nitrogen and oxygen atoms in total. The second-order valence-electron chi connectivity index (χ2n) is 18.0. The van der Waals surface area contributed by atoms with Crippen molar-refractivity contribution in [2.24, 2.45) is 0 Å². The molecule has 68 heavy (non-hydrogen) atoms. The Bertz CT molecular complexity index is 3800. The maximum atomic E-state index is 2.54. The molecular formula is C67H45N. The summed E-state index contributed by atoms with van der Waals surface area (Å²) < 4.78 is 0. The van der Waals surface area contributed by atoms with Crippen LogP contribution in [0.2, 0.25) is 0 Å². The molecule has 0 saturated carbocycles. The first-order chi connectivity index (χ1) is 33.7. The highest BCUT2D eigenvalue weighted by Gasteiger charge is 2.47. The number of benzene rings is 12. The molecule has 0 aromatic heterocycles. The molecule has 0 spiro atoms. The Morgan fingerprint density at radius 3 is 1.56 bits per heavy atom. The summed E-state index contributed by atoms with van der Waals surface area (Å²) in [5.74, 6) is 0. The first kappa shape index (κ1) is 39.6. The monoisotopic (exact) mass is 863 g/mol. The standard InChI is InChI=1S/C67H45N/c1-4-20-47(21-5-1)57-42-39-51(50-36-35-46-19-10-11-22-49(46)43-50)45-65(57)68(55-40-37-48(38-41-55)61-44-52-23-12-13-28-56(52)58-29-14-15-30-59(58)61)64-34-18-33-63-66(64)60-31-16-17-32-62(60)67(63,53-24-6-2-7-25-53)54-26-8-3-9-27-54/h1-45H. The van der Waals surface area contributed by atoms with E-state index in [-0.39, 0.29) is 0 Å². The van der Waals surface area contributed by atoms with Gasteiger partial charge in [0, 0.05) is 16.8 Å². The zero-order chi connectivity index (χ0) is 45.0. The first-order valence-electron chi connectivity index (χ1n) is 23.6. The van der Waals surface area contributed by atoms with Gasteiger partial charge in [-0.3, -0.25) is 0 Å². The van der Waals surface area contributed by atoms with Crippen molar-refractivity contribution in [3.05, 3.63) is 295 Å². The van der Waals surface area contributed by atoms with Crippen LogP contribution in [0.5, 0.6) is 0 Å². The minimum atomic E-state index is -0.549. The van der Waals surface area contributed by atoms with Gasteiger partial charge < -0.3 is 4.90 Å². The van der Waals surface area contributed by atoms with Crippen molar-refractivity contribution < 1.29 is 0 Å². The summed E-state index contributed by atoms with van der Waals surface area (Å²) in [6.07, 6.45) is 0. The van der Waals surface area contributed by atoms with Gasteiger partial charge in [0.1, 0.15) is 0 Å². The van der Waals surface area contributed by atoms with Gasteiger partial charge in [0.2, 0.25) is 0 Å². The van der Waals surface area contributed by atoms with E-state index >= 15 is 0 Å².